The number of benzene rings is 1. The van der Waals surface area contributed by atoms with Crippen molar-refractivity contribution in [3.05, 3.63) is 34.4 Å². The van der Waals surface area contributed by atoms with Gasteiger partial charge in [-0.3, -0.25) is 4.90 Å². The van der Waals surface area contributed by atoms with Gasteiger partial charge in [0.1, 0.15) is 0 Å². The van der Waals surface area contributed by atoms with Crippen LogP contribution in [0.1, 0.15) is 28.3 Å². The minimum absolute atomic E-state index is 0.265. The van der Waals surface area contributed by atoms with Crippen molar-refractivity contribution in [2.45, 2.75) is 26.8 Å². The molecule has 0 saturated carbocycles. The van der Waals surface area contributed by atoms with E-state index >= 15 is 0 Å². The normalized spacial score (nSPS) is 13.1. The second kappa shape index (κ2) is 6.88. The first kappa shape index (κ1) is 15.2. The van der Waals surface area contributed by atoms with Gasteiger partial charge in [-0.15, -0.1) is 0 Å². The minimum atomic E-state index is 0.265. The van der Waals surface area contributed by atoms with E-state index < -0.39 is 0 Å². The number of hydrogen-bond acceptors (Lipinski definition) is 3. The highest BCUT2D eigenvalue weighted by Gasteiger charge is 2.19. The average Bonchev–Trinajstić information content (AvgIpc) is 2.30. The Morgan fingerprint density at radius 1 is 1.22 bits per heavy atom. The molecule has 1 aromatic carbocycles. The molecule has 0 aromatic heterocycles. The third-order valence-corrected chi connectivity index (χ3v) is 3.47. The molecule has 0 radical (unpaired) electrons. The van der Waals surface area contributed by atoms with E-state index in [1.807, 2.05) is 0 Å². The highest BCUT2D eigenvalue weighted by Crippen LogP contribution is 2.26. The Hall–Kier alpha value is -0.900. The van der Waals surface area contributed by atoms with Crippen LogP contribution in [-0.4, -0.2) is 38.8 Å². The van der Waals surface area contributed by atoms with E-state index in [1.165, 1.54) is 22.3 Å². The Bertz CT molecular complexity index is 367. The Balaban J connectivity index is 3.01. The summed E-state index contributed by atoms with van der Waals surface area (Å²) in [5.74, 6) is 0. The first-order chi connectivity index (χ1) is 8.51. The summed E-state index contributed by atoms with van der Waals surface area (Å²) in [5, 5.41) is 0. The molecule has 0 bridgehead atoms. The first-order valence-electron chi connectivity index (χ1n) is 6.48. The van der Waals surface area contributed by atoms with Crippen molar-refractivity contribution in [1.29, 1.82) is 0 Å². The summed E-state index contributed by atoms with van der Waals surface area (Å²) in [7, 11) is 3.84. The van der Waals surface area contributed by atoms with Crippen LogP contribution >= 0.6 is 0 Å². The summed E-state index contributed by atoms with van der Waals surface area (Å²) in [6.07, 6.45) is 0. The molecular weight excluding hydrogens is 224 g/mol. The van der Waals surface area contributed by atoms with Crippen LogP contribution in [0.25, 0.3) is 0 Å². The Morgan fingerprint density at radius 2 is 1.78 bits per heavy atom. The molecule has 0 amide bonds. The minimum Gasteiger partial charge on any atom is -0.383 e. The standard InChI is InChI=1S/C15H26N2O/c1-11-8-12(2)15(13(3)9-11)14(10-16)17(4)6-7-18-5/h8-9,14H,6-7,10,16H2,1-5H3. The molecule has 0 spiro atoms. The van der Waals surface area contributed by atoms with Gasteiger partial charge in [0, 0.05) is 26.2 Å². The van der Waals surface area contributed by atoms with Crippen molar-refractivity contribution >= 4 is 0 Å². The van der Waals surface area contributed by atoms with Crippen LogP contribution in [0, 0.1) is 20.8 Å². The smallest absolute Gasteiger partial charge is 0.0589 e. The molecule has 0 aliphatic heterocycles. The van der Waals surface area contributed by atoms with Gasteiger partial charge in [0.2, 0.25) is 0 Å². The van der Waals surface area contributed by atoms with Crippen LogP contribution in [0.5, 0.6) is 0 Å². The molecule has 0 fully saturated rings. The second-order valence-corrected chi connectivity index (χ2v) is 5.04. The highest BCUT2D eigenvalue weighted by atomic mass is 16.5. The van der Waals surface area contributed by atoms with Gasteiger partial charge in [-0.2, -0.15) is 0 Å². The summed E-state index contributed by atoms with van der Waals surface area (Å²) in [6.45, 7) is 8.73. The molecule has 1 unspecified atom stereocenters. The van der Waals surface area contributed by atoms with Gasteiger partial charge in [-0.25, -0.2) is 0 Å². The number of ether oxygens (including phenoxy) is 1. The summed E-state index contributed by atoms with van der Waals surface area (Å²) in [6, 6.07) is 4.73. The monoisotopic (exact) mass is 250 g/mol. The molecule has 1 aromatic rings. The fourth-order valence-corrected chi connectivity index (χ4v) is 2.63. The van der Waals surface area contributed by atoms with Crippen molar-refractivity contribution in [2.75, 3.05) is 33.9 Å². The third kappa shape index (κ3) is 3.55. The van der Waals surface area contributed by atoms with Crippen LogP contribution in [0.4, 0.5) is 0 Å². The Morgan fingerprint density at radius 3 is 2.22 bits per heavy atom. The molecule has 3 nitrogen and oxygen atoms in total. The van der Waals surface area contributed by atoms with Crippen molar-refractivity contribution in [2.24, 2.45) is 5.73 Å². The maximum absolute atomic E-state index is 5.97. The van der Waals surface area contributed by atoms with Gasteiger partial charge >= 0.3 is 0 Å². The van der Waals surface area contributed by atoms with Crippen molar-refractivity contribution < 1.29 is 4.74 Å². The summed E-state index contributed by atoms with van der Waals surface area (Å²) in [5.41, 5.74) is 11.3. The highest BCUT2D eigenvalue weighted by molar-refractivity contribution is 5.39. The zero-order valence-corrected chi connectivity index (χ0v) is 12.3. The largest absolute Gasteiger partial charge is 0.383 e. The SMILES string of the molecule is COCCN(C)C(CN)c1c(C)cc(C)cc1C. The summed E-state index contributed by atoms with van der Waals surface area (Å²) in [4.78, 5) is 2.27. The fourth-order valence-electron chi connectivity index (χ4n) is 2.63. The Kier molecular flexibility index (Phi) is 5.79. The van der Waals surface area contributed by atoms with Gasteiger partial charge in [0.25, 0.3) is 0 Å². The van der Waals surface area contributed by atoms with Gasteiger partial charge in [0.05, 0.1) is 6.61 Å². The molecule has 2 N–H and O–H groups in total. The van der Waals surface area contributed by atoms with E-state index in [0.29, 0.717) is 6.54 Å². The van der Waals surface area contributed by atoms with Crippen molar-refractivity contribution in [1.82, 2.24) is 4.90 Å². The summed E-state index contributed by atoms with van der Waals surface area (Å²) >= 11 is 0. The third-order valence-electron chi connectivity index (χ3n) is 3.47. The van der Waals surface area contributed by atoms with Crippen molar-refractivity contribution in [3.8, 4) is 0 Å². The number of methoxy groups -OCH3 is 1. The molecule has 3 heteroatoms. The van der Waals surface area contributed by atoms with Crippen LogP contribution in [0.15, 0.2) is 12.1 Å². The number of aryl methyl sites for hydroxylation is 3. The van der Waals surface area contributed by atoms with Crippen LogP contribution in [-0.2, 0) is 4.74 Å². The lowest BCUT2D eigenvalue weighted by atomic mass is 9.93. The predicted molar refractivity (Wildman–Crippen MR) is 77.0 cm³/mol. The van der Waals surface area contributed by atoms with Gasteiger partial charge in [-0.1, -0.05) is 17.7 Å². The van der Waals surface area contributed by atoms with Crippen LogP contribution < -0.4 is 5.73 Å². The molecule has 0 aliphatic carbocycles. The first-order valence-corrected chi connectivity index (χ1v) is 6.48. The average molecular weight is 250 g/mol. The zero-order valence-electron chi connectivity index (χ0n) is 12.3. The molecule has 1 atom stereocenters. The molecule has 102 valence electrons. The number of nitrogens with zero attached hydrogens (tertiary/aromatic N) is 1. The van der Waals surface area contributed by atoms with Crippen LogP contribution in [0.2, 0.25) is 0 Å². The fraction of sp³-hybridized carbons (Fsp3) is 0.600. The van der Waals surface area contributed by atoms with Gasteiger partial charge in [-0.05, 0) is 44.5 Å². The predicted octanol–water partition coefficient (Wildman–Crippen LogP) is 2.19. The molecule has 0 heterocycles. The van der Waals surface area contributed by atoms with E-state index in [0.717, 1.165) is 13.2 Å². The quantitative estimate of drug-likeness (QED) is 0.841. The lowest BCUT2D eigenvalue weighted by molar-refractivity contribution is 0.140. The van der Waals surface area contributed by atoms with E-state index in [-0.39, 0.29) is 6.04 Å². The van der Waals surface area contributed by atoms with Gasteiger partial charge < -0.3 is 10.5 Å². The number of rotatable bonds is 6. The lowest BCUT2D eigenvalue weighted by Gasteiger charge is -2.30. The molecule has 0 aliphatic rings. The zero-order chi connectivity index (χ0) is 13.7. The van der Waals surface area contributed by atoms with E-state index in [4.69, 9.17) is 10.5 Å². The van der Waals surface area contributed by atoms with Crippen LogP contribution in [0.3, 0.4) is 0 Å². The number of likely N-dealkylation sites (N-methyl/N-ethyl adjacent to an activating group) is 1. The van der Waals surface area contributed by atoms with E-state index in [9.17, 15) is 0 Å². The maximum Gasteiger partial charge on any atom is 0.0589 e. The van der Waals surface area contributed by atoms with E-state index in [2.05, 4.69) is 44.9 Å². The molecule has 18 heavy (non-hydrogen) atoms. The second-order valence-electron chi connectivity index (χ2n) is 5.04. The number of nitrogens with two attached hydrogens (primary N) is 1. The number of hydrogen-bond donors (Lipinski definition) is 1. The van der Waals surface area contributed by atoms with Gasteiger partial charge in [0.15, 0.2) is 0 Å². The molecule has 1 rings (SSSR count). The molecular formula is C15H26N2O. The van der Waals surface area contributed by atoms with Crippen molar-refractivity contribution in [3.63, 3.8) is 0 Å². The van der Waals surface area contributed by atoms with E-state index in [1.54, 1.807) is 7.11 Å². The Labute approximate surface area is 111 Å². The summed E-state index contributed by atoms with van der Waals surface area (Å²) < 4.78 is 5.14. The molecule has 0 saturated heterocycles. The topological polar surface area (TPSA) is 38.5 Å². The maximum atomic E-state index is 5.97. The lowest BCUT2D eigenvalue weighted by Crippen LogP contribution is -2.34.